The van der Waals surface area contributed by atoms with Crippen LogP contribution in [0.4, 0.5) is 9.93 Å². The first-order valence-corrected chi connectivity index (χ1v) is 17.2. The molecule has 3 atom stereocenters. The van der Waals surface area contributed by atoms with Gasteiger partial charge in [0.05, 0.1) is 23.7 Å². The number of thiazole rings is 1. The summed E-state index contributed by atoms with van der Waals surface area (Å²) >= 11 is 9.19. The average molecular weight is 794 g/mol. The molecule has 4 rings (SSSR count). The number of β-lactam (4-membered cyclic amide) rings is 1. The van der Waals surface area contributed by atoms with Gasteiger partial charge < -0.3 is 24.4 Å². The predicted octanol–water partition coefficient (Wildman–Crippen LogP) is 3.35. The number of carbonyl (C=O) groups is 4. The fraction of sp³-hybridized carbons (Fsp3) is 0.407. The largest absolute Gasteiger partial charge is 0.497 e. The zero-order valence-corrected chi connectivity index (χ0v) is 29.2. The van der Waals surface area contributed by atoms with Gasteiger partial charge in [0, 0.05) is 4.43 Å². The Bertz CT molecular complexity index is 1590. The Labute approximate surface area is 283 Å². The van der Waals surface area contributed by atoms with Gasteiger partial charge in [-0.1, -0.05) is 62.8 Å². The molecule has 2 N–H and O–H groups in total. The molecular weight excluding hydrogens is 765 g/mol. The smallest absolute Gasteiger partial charge is 0.413 e. The van der Waals surface area contributed by atoms with Gasteiger partial charge in [0.15, 0.2) is 10.8 Å². The number of alkyl halides is 1. The molecule has 0 radical (unpaired) electrons. The van der Waals surface area contributed by atoms with Gasteiger partial charge in [0.25, 0.3) is 11.8 Å². The van der Waals surface area contributed by atoms with E-state index in [4.69, 9.17) is 30.6 Å². The topological polar surface area (TPSA) is 175 Å². The molecule has 3 amide bonds. The highest BCUT2D eigenvalue weighted by Crippen LogP contribution is 2.36. The lowest BCUT2D eigenvalue weighted by molar-refractivity contribution is -0.153. The molecule has 2 aromatic rings. The number of nitrogens with zero attached hydrogens (tertiary/aromatic N) is 3. The van der Waals surface area contributed by atoms with E-state index < -0.39 is 57.4 Å². The molecule has 0 saturated carbocycles. The maximum absolute atomic E-state index is 13.4. The highest BCUT2D eigenvalue weighted by atomic mass is 127. The Kier molecular flexibility index (Phi) is 11.1. The van der Waals surface area contributed by atoms with Crippen LogP contribution in [0.5, 0.6) is 5.75 Å². The second kappa shape index (κ2) is 14.4. The zero-order chi connectivity index (χ0) is 33.1. The first-order chi connectivity index (χ1) is 21.3. The van der Waals surface area contributed by atoms with E-state index in [1.807, 2.05) is 22.6 Å². The standard InChI is InChI=1S/C27H29ClIN5O9S2/c1-27(2,3)43-26(38)32-25-31-16(20(28)44-25)17(33-41-5)21(35)30-18-22(36)34-19(14(10-29)12-45(39)23(18)34)24(37)42-11-13-6-8-15(40-4)9-7-13/h6-9,18,23H,10-12H2,1-5H3,(H,30,35)(H,31,32,38)/b33-17-/t18-,23-,45?/m1/s1. The molecule has 0 bridgehead atoms. The molecule has 242 valence electrons. The quantitative estimate of drug-likeness (QED) is 0.0907. The third kappa shape index (κ3) is 7.93. The minimum Gasteiger partial charge on any atom is -0.497 e. The van der Waals surface area contributed by atoms with Crippen molar-refractivity contribution >= 4 is 91.0 Å². The summed E-state index contributed by atoms with van der Waals surface area (Å²) in [6, 6.07) is 5.68. The SMILES string of the molecule is CO/N=C(\C(=O)N[C@@H]1C(=O)N2C(C(=O)OCc3ccc(OC)cc3)=C(CI)CS(=O)[C@H]12)c1nc(NC(=O)OC(C)(C)C)sc1Cl. The molecular formula is C27H29ClIN5O9S2. The van der Waals surface area contributed by atoms with Crippen LogP contribution in [-0.4, -0.2) is 85.1 Å². The lowest BCUT2D eigenvalue weighted by Gasteiger charge is -2.49. The van der Waals surface area contributed by atoms with E-state index in [0.29, 0.717) is 21.3 Å². The fourth-order valence-electron chi connectivity index (χ4n) is 4.27. The number of ether oxygens (including phenoxy) is 3. The summed E-state index contributed by atoms with van der Waals surface area (Å²) in [5, 5.41) is 7.68. The van der Waals surface area contributed by atoms with Crippen LogP contribution in [0.1, 0.15) is 32.0 Å². The summed E-state index contributed by atoms with van der Waals surface area (Å²) in [7, 11) is 1.08. The molecule has 1 unspecified atom stereocenters. The number of hydrogen-bond acceptors (Lipinski definition) is 12. The highest BCUT2D eigenvalue weighted by molar-refractivity contribution is 14.1. The van der Waals surface area contributed by atoms with Gasteiger partial charge in [0.2, 0.25) is 0 Å². The molecule has 3 heterocycles. The first-order valence-electron chi connectivity index (χ1n) is 13.1. The average Bonchev–Trinajstić information content (AvgIpc) is 3.34. The molecule has 45 heavy (non-hydrogen) atoms. The fourth-order valence-corrected chi connectivity index (χ4v) is 7.98. The monoisotopic (exact) mass is 793 g/mol. The number of fused-ring (bicyclic) bond motifs is 1. The van der Waals surface area contributed by atoms with Crippen LogP contribution in [0.15, 0.2) is 40.7 Å². The Morgan fingerprint density at radius 2 is 1.91 bits per heavy atom. The van der Waals surface area contributed by atoms with E-state index in [1.54, 1.807) is 45.0 Å². The van der Waals surface area contributed by atoms with Crippen LogP contribution in [0.25, 0.3) is 0 Å². The predicted molar refractivity (Wildman–Crippen MR) is 175 cm³/mol. The summed E-state index contributed by atoms with van der Waals surface area (Å²) in [4.78, 5) is 62.2. The first kappa shape index (κ1) is 34.6. The van der Waals surface area contributed by atoms with Crippen molar-refractivity contribution in [2.24, 2.45) is 5.16 Å². The van der Waals surface area contributed by atoms with Crippen LogP contribution in [0, 0.1) is 0 Å². The number of aromatic nitrogens is 1. The molecule has 0 spiro atoms. The van der Waals surface area contributed by atoms with Gasteiger partial charge in [-0.3, -0.25) is 24.0 Å². The molecule has 1 aromatic carbocycles. The van der Waals surface area contributed by atoms with Crippen LogP contribution in [0.3, 0.4) is 0 Å². The van der Waals surface area contributed by atoms with E-state index in [0.717, 1.165) is 16.2 Å². The molecule has 0 aliphatic carbocycles. The van der Waals surface area contributed by atoms with Crippen molar-refractivity contribution in [3.05, 3.63) is 51.1 Å². The number of anilines is 1. The Balaban J connectivity index is 1.49. The van der Waals surface area contributed by atoms with E-state index in [9.17, 15) is 23.4 Å². The van der Waals surface area contributed by atoms with Crippen LogP contribution in [-0.2, 0) is 46.1 Å². The number of esters is 1. The summed E-state index contributed by atoms with van der Waals surface area (Å²) < 4.78 is 29.4. The lowest BCUT2D eigenvalue weighted by Crippen LogP contribution is -2.74. The molecule has 1 saturated heterocycles. The van der Waals surface area contributed by atoms with Crippen LogP contribution >= 0.6 is 45.5 Å². The Morgan fingerprint density at radius 3 is 2.51 bits per heavy atom. The van der Waals surface area contributed by atoms with Crippen molar-refractivity contribution in [1.29, 1.82) is 0 Å². The number of carbonyl (C=O) groups excluding carboxylic acids is 4. The highest BCUT2D eigenvalue weighted by Gasteiger charge is 2.57. The third-order valence-corrected chi connectivity index (χ3v) is 9.94. The van der Waals surface area contributed by atoms with Crippen molar-refractivity contribution in [1.82, 2.24) is 15.2 Å². The van der Waals surface area contributed by atoms with Gasteiger partial charge >= 0.3 is 12.1 Å². The van der Waals surface area contributed by atoms with Gasteiger partial charge in [-0.2, -0.15) is 0 Å². The zero-order valence-electron chi connectivity index (χ0n) is 24.7. The Morgan fingerprint density at radius 1 is 1.22 bits per heavy atom. The molecule has 1 aromatic heterocycles. The van der Waals surface area contributed by atoms with E-state index in [1.165, 1.54) is 14.2 Å². The van der Waals surface area contributed by atoms with Crippen molar-refractivity contribution < 1.29 is 42.4 Å². The van der Waals surface area contributed by atoms with Crippen LogP contribution in [0.2, 0.25) is 4.34 Å². The molecule has 18 heteroatoms. The summed E-state index contributed by atoms with van der Waals surface area (Å²) in [6.07, 6.45) is -0.786. The van der Waals surface area contributed by atoms with Crippen molar-refractivity contribution in [3.63, 3.8) is 0 Å². The number of amides is 3. The minimum absolute atomic E-state index is 0.00389. The maximum atomic E-state index is 13.4. The minimum atomic E-state index is -1.65. The summed E-state index contributed by atoms with van der Waals surface area (Å²) in [6.45, 7) is 5.01. The van der Waals surface area contributed by atoms with Crippen molar-refractivity contribution in [2.75, 3.05) is 29.7 Å². The van der Waals surface area contributed by atoms with E-state index >= 15 is 0 Å². The van der Waals surface area contributed by atoms with Gasteiger partial charge in [-0.15, -0.1) is 0 Å². The molecule has 1 fully saturated rings. The second-order valence-electron chi connectivity index (χ2n) is 10.5. The van der Waals surface area contributed by atoms with Crippen molar-refractivity contribution in [2.45, 2.75) is 44.4 Å². The van der Waals surface area contributed by atoms with Gasteiger partial charge in [-0.05, 0) is 44.0 Å². The van der Waals surface area contributed by atoms with Crippen molar-refractivity contribution in [3.8, 4) is 5.75 Å². The number of benzene rings is 1. The summed E-state index contributed by atoms with van der Waals surface area (Å²) in [5.74, 6) is -1.67. The third-order valence-electron chi connectivity index (χ3n) is 6.19. The number of oxime groups is 1. The molecule has 14 nitrogen and oxygen atoms in total. The molecule has 2 aliphatic heterocycles. The number of halogens is 2. The van der Waals surface area contributed by atoms with Gasteiger partial charge in [-0.25, -0.2) is 14.6 Å². The Hall–Kier alpha value is -3.29. The van der Waals surface area contributed by atoms with Crippen LogP contribution < -0.4 is 15.4 Å². The lowest BCUT2D eigenvalue weighted by atomic mass is 10.0. The normalized spacial score (nSPS) is 19.7. The van der Waals surface area contributed by atoms with E-state index in [-0.39, 0.29) is 33.2 Å². The number of rotatable bonds is 10. The van der Waals surface area contributed by atoms with Gasteiger partial charge in [0.1, 0.15) is 52.2 Å². The molecule has 2 aliphatic rings. The maximum Gasteiger partial charge on any atom is 0.413 e. The number of nitrogens with one attached hydrogen (secondary N) is 2. The number of methoxy groups -OCH3 is 1. The number of hydrogen-bond donors (Lipinski definition) is 2. The summed E-state index contributed by atoms with van der Waals surface area (Å²) in [5.41, 5.74) is -0.0968. The second-order valence-corrected chi connectivity index (χ2v) is 14.4. The van der Waals surface area contributed by atoms with E-state index in [2.05, 4.69) is 20.8 Å².